The molecule has 20 heavy (non-hydrogen) atoms. The molecule has 0 saturated heterocycles. The highest BCUT2D eigenvalue weighted by Crippen LogP contribution is 2.17. The van der Waals surface area contributed by atoms with E-state index in [-0.39, 0.29) is 11.9 Å². The molecule has 2 rings (SSSR count). The third-order valence-electron chi connectivity index (χ3n) is 3.21. The van der Waals surface area contributed by atoms with Crippen LogP contribution in [0.25, 0.3) is 0 Å². The van der Waals surface area contributed by atoms with E-state index in [1.807, 2.05) is 38.1 Å². The van der Waals surface area contributed by atoms with Gasteiger partial charge in [-0.1, -0.05) is 12.1 Å². The van der Waals surface area contributed by atoms with Crippen LogP contribution in [0.2, 0.25) is 0 Å². The molecule has 0 bridgehead atoms. The Morgan fingerprint density at radius 3 is 2.65 bits per heavy atom. The van der Waals surface area contributed by atoms with Crippen LogP contribution in [0.4, 0.5) is 0 Å². The van der Waals surface area contributed by atoms with Gasteiger partial charge in [0, 0.05) is 12.7 Å². The SMILES string of the molecule is CCn1nccc1C(=O)NC(C)c1ccc(OC)cc1. The van der Waals surface area contributed by atoms with Gasteiger partial charge >= 0.3 is 0 Å². The number of ether oxygens (including phenoxy) is 1. The number of aryl methyl sites for hydroxylation is 1. The molecular weight excluding hydrogens is 254 g/mol. The molecule has 106 valence electrons. The number of rotatable bonds is 5. The number of nitrogens with one attached hydrogen (secondary N) is 1. The molecule has 2 aromatic rings. The minimum Gasteiger partial charge on any atom is -0.497 e. The fourth-order valence-corrected chi connectivity index (χ4v) is 2.02. The molecule has 1 aromatic carbocycles. The third-order valence-corrected chi connectivity index (χ3v) is 3.21. The first-order valence-electron chi connectivity index (χ1n) is 6.62. The van der Waals surface area contributed by atoms with Crippen LogP contribution < -0.4 is 10.1 Å². The van der Waals surface area contributed by atoms with E-state index in [1.54, 1.807) is 24.1 Å². The van der Waals surface area contributed by atoms with Crippen molar-refractivity contribution in [1.29, 1.82) is 0 Å². The highest BCUT2D eigenvalue weighted by atomic mass is 16.5. The van der Waals surface area contributed by atoms with E-state index < -0.39 is 0 Å². The minimum absolute atomic E-state index is 0.0754. The normalized spacial score (nSPS) is 11.9. The summed E-state index contributed by atoms with van der Waals surface area (Å²) in [6, 6.07) is 9.30. The number of carbonyl (C=O) groups excluding carboxylic acids is 1. The molecule has 5 nitrogen and oxygen atoms in total. The van der Waals surface area contributed by atoms with Crippen molar-refractivity contribution in [2.75, 3.05) is 7.11 Å². The summed E-state index contributed by atoms with van der Waals surface area (Å²) in [5.41, 5.74) is 1.61. The Hall–Kier alpha value is -2.30. The lowest BCUT2D eigenvalue weighted by Crippen LogP contribution is -2.28. The lowest BCUT2D eigenvalue weighted by atomic mass is 10.1. The number of amides is 1. The first-order chi connectivity index (χ1) is 9.65. The van der Waals surface area contributed by atoms with Crippen molar-refractivity contribution in [1.82, 2.24) is 15.1 Å². The van der Waals surface area contributed by atoms with Gasteiger partial charge in [-0.2, -0.15) is 5.10 Å². The fourth-order valence-electron chi connectivity index (χ4n) is 2.02. The third kappa shape index (κ3) is 2.99. The number of nitrogens with zero attached hydrogens (tertiary/aromatic N) is 2. The van der Waals surface area contributed by atoms with Gasteiger partial charge in [-0.15, -0.1) is 0 Å². The maximum absolute atomic E-state index is 12.2. The van der Waals surface area contributed by atoms with Crippen LogP contribution in [-0.2, 0) is 6.54 Å². The highest BCUT2D eigenvalue weighted by Gasteiger charge is 2.14. The summed E-state index contributed by atoms with van der Waals surface area (Å²) in [5, 5.41) is 7.07. The lowest BCUT2D eigenvalue weighted by Gasteiger charge is -2.15. The zero-order chi connectivity index (χ0) is 14.5. The van der Waals surface area contributed by atoms with Crippen molar-refractivity contribution < 1.29 is 9.53 Å². The van der Waals surface area contributed by atoms with Crippen molar-refractivity contribution in [2.24, 2.45) is 0 Å². The van der Waals surface area contributed by atoms with E-state index >= 15 is 0 Å². The van der Waals surface area contributed by atoms with Crippen molar-refractivity contribution >= 4 is 5.91 Å². The van der Waals surface area contributed by atoms with Crippen LogP contribution in [0.1, 0.15) is 35.9 Å². The number of hydrogen-bond donors (Lipinski definition) is 1. The lowest BCUT2D eigenvalue weighted by molar-refractivity contribution is 0.0929. The van der Waals surface area contributed by atoms with Crippen molar-refractivity contribution in [3.05, 3.63) is 47.8 Å². The number of methoxy groups -OCH3 is 1. The molecule has 0 aliphatic heterocycles. The molecule has 0 aliphatic rings. The molecule has 1 N–H and O–H groups in total. The maximum Gasteiger partial charge on any atom is 0.270 e. The summed E-state index contributed by atoms with van der Waals surface area (Å²) in [5.74, 6) is 0.684. The van der Waals surface area contributed by atoms with Gasteiger partial charge in [-0.25, -0.2) is 0 Å². The predicted molar refractivity (Wildman–Crippen MR) is 76.8 cm³/mol. The molecule has 1 atom stereocenters. The van der Waals surface area contributed by atoms with E-state index in [2.05, 4.69) is 10.4 Å². The van der Waals surface area contributed by atoms with Crippen LogP contribution in [0.15, 0.2) is 36.5 Å². The average Bonchev–Trinajstić information content (AvgIpc) is 2.95. The van der Waals surface area contributed by atoms with Gasteiger partial charge < -0.3 is 10.1 Å². The fraction of sp³-hybridized carbons (Fsp3) is 0.333. The quantitative estimate of drug-likeness (QED) is 0.910. The molecular formula is C15H19N3O2. The van der Waals surface area contributed by atoms with E-state index in [0.29, 0.717) is 12.2 Å². The van der Waals surface area contributed by atoms with Gasteiger partial charge in [0.2, 0.25) is 0 Å². The van der Waals surface area contributed by atoms with Crippen LogP contribution in [-0.4, -0.2) is 22.8 Å². The van der Waals surface area contributed by atoms with E-state index in [0.717, 1.165) is 11.3 Å². The second-order valence-corrected chi connectivity index (χ2v) is 4.50. The summed E-state index contributed by atoms with van der Waals surface area (Å²) in [4.78, 5) is 12.2. The van der Waals surface area contributed by atoms with E-state index in [4.69, 9.17) is 4.74 Å². The first kappa shape index (κ1) is 14.1. The van der Waals surface area contributed by atoms with Crippen molar-refractivity contribution in [3.8, 4) is 5.75 Å². The maximum atomic E-state index is 12.2. The second-order valence-electron chi connectivity index (χ2n) is 4.50. The molecule has 1 amide bonds. The van der Waals surface area contributed by atoms with Crippen molar-refractivity contribution in [3.63, 3.8) is 0 Å². The van der Waals surface area contributed by atoms with Gasteiger partial charge in [-0.05, 0) is 37.6 Å². The average molecular weight is 273 g/mol. The van der Waals surface area contributed by atoms with E-state index in [9.17, 15) is 4.79 Å². The molecule has 0 aliphatic carbocycles. The zero-order valence-electron chi connectivity index (χ0n) is 12.0. The molecule has 1 unspecified atom stereocenters. The van der Waals surface area contributed by atoms with Gasteiger partial charge in [0.1, 0.15) is 11.4 Å². The second kappa shape index (κ2) is 6.23. The van der Waals surface area contributed by atoms with Gasteiger partial charge in [0.15, 0.2) is 0 Å². The predicted octanol–water partition coefficient (Wildman–Crippen LogP) is 2.40. The largest absolute Gasteiger partial charge is 0.497 e. The zero-order valence-corrected chi connectivity index (χ0v) is 12.0. The highest BCUT2D eigenvalue weighted by molar-refractivity contribution is 5.92. The number of aromatic nitrogens is 2. The number of benzene rings is 1. The van der Waals surface area contributed by atoms with Crippen LogP contribution in [0.3, 0.4) is 0 Å². The smallest absolute Gasteiger partial charge is 0.270 e. The standard InChI is InChI=1S/C15H19N3O2/c1-4-18-14(9-10-16-18)15(19)17-11(2)12-5-7-13(20-3)8-6-12/h5-11H,4H2,1-3H3,(H,17,19). The molecule has 0 radical (unpaired) electrons. The topological polar surface area (TPSA) is 56.2 Å². The van der Waals surface area contributed by atoms with Gasteiger partial charge in [0.25, 0.3) is 5.91 Å². The first-order valence-corrected chi connectivity index (χ1v) is 6.62. The Bertz CT molecular complexity index is 575. The Balaban J connectivity index is 2.06. The molecule has 1 aromatic heterocycles. The summed E-state index contributed by atoms with van der Waals surface area (Å²) in [6.45, 7) is 4.58. The van der Waals surface area contributed by atoms with Crippen LogP contribution in [0.5, 0.6) is 5.75 Å². The Morgan fingerprint density at radius 2 is 2.05 bits per heavy atom. The summed E-state index contributed by atoms with van der Waals surface area (Å²) >= 11 is 0. The molecule has 0 spiro atoms. The Labute approximate surface area is 118 Å². The van der Waals surface area contributed by atoms with E-state index in [1.165, 1.54) is 0 Å². The summed E-state index contributed by atoms with van der Waals surface area (Å²) in [7, 11) is 1.63. The number of hydrogen-bond acceptors (Lipinski definition) is 3. The van der Waals surface area contributed by atoms with Gasteiger partial charge in [-0.3, -0.25) is 9.48 Å². The number of carbonyl (C=O) groups is 1. The van der Waals surface area contributed by atoms with Gasteiger partial charge in [0.05, 0.1) is 13.2 Å². The van der Waals surface area contributed by atoms with Crippen LogP contribution in [0, 0.1) is 0 Å². The minimum atomic E-state index is -0.118. The summed E-state index contributed by atoms with van der Waals surface area (Å²) in [6.07, 6.45) is 1.64. The molecule has 1 heterocycles. The molecule has 5 heteroatoms. The monoisotopic (exact) mass is 273 g/mol. The molecule has 0 fully saturated rings. The Kier molecular flexibility index (Phi) is 4.40. The summed E-state index contributed by atoms with van der Waals surface area (Å²) < 4.78 is 6.80. The molecule has 0 saturated carbocycles. The Morgan fingerprint density at radius 1 is 1.35 bits per heavy atom. The van der Waals surface area contributed by atoms with Crippen LogP contribution >= 0.6 is 0 Å². The van der Waals surface area contributed by atoms with Crippen molar-refractivity contribution in [2.45, 2.75) is 26.4 Å².